The third-order valence-corrected chi connectivity index (χ3v) is 11.9. The van der Waals surface area contributed by atoms with E-state index in [1.54, 1.807) is 0 Å². The Morgan fingerprint density at radius 1 is 0.400 bits per heavy atom. The smallest absolute Gasteiger partial charge is 0.143 e. The van der Waals surface area contributed by atoms with Crippen LogP contribution in [0.5, 0.6) is 0 Å². The molecule has 2 heteroatoms. The number of rotatable bonds is 5. The Morgan fingerprint density at radius 3 is 1.91 bits per heavy atom. The molecule has 0 N–H and O–H groups in total. The van der Waals surface area contributed by atoms with Gasteiger partial charge in [-0.25, -0.2) is 0 Å². The Kier molecular flexibility index (Phi) is 6.93. The molecule has 0 bridgehead atoms. The fourth-order valence-electron chi connectivity index (χ4n) is 9.10. The molecule has 55 heavy (non-hydrogen) atoms. The fraction of sp³-hybridized carbons (Fsp3) is 0.0566. The van der Waals surface area contributed by atoms with Gasteiger partial charge in [0.1, 0.15) is 11.2 Å². The maximum absolute atomic E-state index is 6.91. The predicted octanol–water partition coefficient (Wildman–Crippen LogP) is 15.0. The van der Waals surface area contributed by atoms with Crippen molar-refractivity contribution in [3.63, 3.8) is 0 Å². The molecule has 10 aromatic rings. The van der Waals surface area contributed by atoms with Crippen LogP contribution in [0, 0.1) is 0 Å². The first-order valence-electron chi connectivity index (χ1n) is 19.1. The van der Waals surface area contributed by atoms with Crippen LogP contribution >= 0.6 is 0 Å². The number of anilines is 3. The lowest BCUT2D eigenvalue weighted by Gasteiger charge is -2.27. The van der Waals surface area contributed by atoms with Crippen molar-refractivity contribution >= 4 is 60.5 Å². The Labute approximate surface area is 320 Å². The first kappa shape index (κ1) is 31.6. The molecule has 0 saturated carbocycles. The topological polar surface area (TPSA) is 16.4 Å². The van der Waals surface area contributed by atoms with E-state index in [1.807, 2.05) is 0 Å². The molecule has 0 saturated heterocycles. The molecule has 11 rings (SSSR count). The molecule has 2 nitrogen and oxygen atoms in total. The fourth-order valence-corrected chi connectivity index (χ4v) is 9.10. The van der Waals surface area contributed by atoms with Gasteiger partial charge in [-0.3, -0.25) is 0 Å². The Hall–Kier alpha value is -6.90. The number of hydrogen-bond donors (Lipinski definition) is 0. The predicted molar refractivity (Wildman–Crippen MR) is 232 cm³/mol. The summed E-state index contributed by atoms with van der Waals surface area (Å²) in [5.74, 6) is 0. The standard InChI is InChI=1S/C53H37NO/c1-53(2)48-21-11-10-19-42(48)43-29-25-37(31-49(43)53)46-33-47-44-30-28-39(32-51(44)55-52(47)45-20-9-8-18-41(45)46)54(50-22-12-16-36-15-6-7-17-40(36)50)38-26-23-35(24-27-38)34-13-4-3-5-14-34/h3-33H,1-2H3. The van der Waals surface area contributed by atoms with Crippen molar-refractivity contribution in [2.45, 2.75) is 19.3 Å². The van der Waals surface area contributed by atoms with Crippen molar-refractivity contribution in [1.82, 2.24) is 0 Å². The minimum atomic E-state index is -0.0710. The SMILES string of the molecule is CC1(C)c2ccccc2-c2ccc(-c3cc4c5ccc(N(c6ccc(-c7ccccc7)cc6)c6cccc7ccccc67)cc5oc4c4ccccc34)cc21. The van der Waals surface area contributed by atoms with Crippen molar-refractivity contribution in [2.75, 3.05) is 4.90 Å². The van der Waals surface area contributed by atoms with Gasteiger partial charge in [0.2, 0.25) is 0 Å². The molecule has 1 heterocycles. The maximum Gasteiger partial charge on any atom is 0.143 e. The minimum absolute atomic E-state index is 0.0710. The van der Waals surface area contributed by atoms with Crippen LogP contribution < -0.4 is 4.90 Å². The minimum Gasteiger partial charge on any atom is -0.455 e. The van der Waals surface area contributed by atoms with Crippen LogP contribution in [-0.4, -0.2) is 0 Å². The van der Waals surface area contributed by atoms with Gasteiger partial charge in [-0.1, -0.05) is 153 Å². The first-order chi connectivity index (χ1) is 27.0. The Balaban J connectivity index is 1.09. The molecule has 0 fully saturated rings. The largest absolute Gasteiger partial charge is 0.455 e. The van der Waals surface area contributed by atoms with Crippen molar-refractivity contribution < 1.29 is 4.42 Å². The van der Waals surface area contributed by atoms with Gasteiger partial charge in [0.15, 0.2) is 0 Å². The second-order valence-corrected chi connectivity index (χ2v) is 15.3. The summed E-state index contributed by atoms with van der Waals surface area (Å²) >= 11 is 0. The molecular weight excluding hydrogens is 667 g/mol. The normalized spacial score (nSPS) is 13.1. The molecule has 0 atom stereocenters. The highest BCUT2D eigenvalue weighted by Gasteiger charge is 2.35. The molecule has 9 aromatic carbocycles. The van der Waals surface area contributed by atoms with Crippen molar-refractivity contribution in [2.24, 2.45) is 0 Å². The summed E-state index contributed by atoms with van der Waals surface area (Å²) in [5, 5.41) is 6.95. The van der Waals surface area contributed by atoms with E-state index in [1.165, 1.54) is 60.7 Å². The number of fused-ring (bicyclic) bond motifs is 9. The van der Waals surface area contributed by atoms with E-state index in [9.17, 15) is 0 Å². The van der Waals surface area contributed by atoms with E-state index in [-0.39, 0.29) is 5.41 Å². The zero-order valence-electron chi connectivity index (χ0n) is 30.8. The zero-order chi connectivity index (χ0) is 36.7. The van der Waals surface area contributed by atoms with Crippen LogP contribution in [0.3, 0.4) is 0 Å². The van der Waals surface area contributed by atoms with Crippen LogP contribution in [0.1, 0.15) is 25.0 Å². The number of hydrogen-bond acceptors (Lipinski definition) is 2. The third kappa shape index (κ3) is 4.88. The van der Waals surface area contributed by atoms with Crippen LogP contribution in [-0.2, 0) is 5.41 Å². The van der Waals surface area contributed by atoms with Crippen LogP contribution in [0.2, 0.25) is 0 Å². The van der Waals surface area contributed by atoms with E-state index in [2.05, 4.69) is 207 Å². The summed E-state index contributed by atoms with van der Waals surface area (Å²) < 4.78 is 6.91. The highest BCUT2D eigenvalue weighted by molar-refractivity contribution is 6.19. The molecule has 0 aliphatic heterocycles. The molecule has 1 aromatic heterocycles. The second kappa shape index (κ2) is 12.1. The van der Waals surface area contributed by atoms with Gasteiger partial charge in [-0.15, -0.1) is 0 Å². The summed E-state index contributed by atoms with van der Waals surface area (Å²) in [7, 11) is 0. The van der Waals surface area contributed by atoms with Crippen LogP contribution in [0.4, 0.5) is 17.1 Å². The third-order valence-electron chi connectivity index (χ3n) is 11.9. The van der Waals surface area contributed by atoms with E-state index in [0.717, 1.165) is 44.4 Å². The molecule has 1 aliphatic rings. The van der Waals surface area contributed by atoms with E-state index < -0.39 is 0 Å². The molecule has 0 amide bonds. The molecule has 1 aliphatic carbocycles. The average molecular weight is 704 g/mol. The van der Waals surface area contributed by atoms with Crippen LogP contribution in [0.15, 0.2) is 192 Å². The maximum atomic E-state index is 6.91. The lowest BCUT2D eigenvalue weighted by Crippen LogP contribution is -2.14. The van der Waals surface area contributed by atoms with Gasteiger partial charge in [-0.2, -0.15) is 0 Å². The van der Waals surface area contributed by atoms with Gasteiger partial charge in [0.05, 0.1) is 5.69 Å². The van der Waals surface area contributed by atoms with Gasteiger partial charge in [-0.05, 0) is 97.7 Å². The number of furan rings is 1. The Bertz CT molecular complexity index is 3110. The first-order valence-corrected chi connectivity index (χ1v) is 19.1. The lowest BCUT2D eigenvalue weighted by molar-refractivity contribution is 0.660. The molecule has 260 valence electrons. The lowest BCUT2D eigenvalue weighted by atomic mass is 9.81. The second-order valence-electron chi connectivity index (χ2n) is 15.3. The molecule has 0 radical (unpaired) electrons. The van der Waals surface area contributed by atoms with Gasteiger partial charge >= 0.3 is 0 Å². The molecular formula is C53H37NO. The summed E-state index contributed by atoms with van der Waals surface area (Å²) in [6, 6.07) is 68.3. The van der Waals surface area contributed by atoms with E-state index in [4.69, 9.17) is 4.42 Å². The van der Waals surface area contributed by atoms with E-state index >= 15 is 0 Å². The monoisotopic (exact) mass is 703 g/mol. The number of nitrogens with zero attached hydrogens (tertiary/aromatic N) is 1. The highest BCUT2D eigenvalue weighted by atomic mass is 16.3. The van der Waals surface area contributed by atoms with Crippen molar-refractivity contribution in [3.05, 3.63) is 199 Å². The summed E-state index contributed by atoms with van der Waals surface area (Å²) in [6.45, 7) is 4.70. The summed E-state index contributed by atoms with van der Waals surface area (Å²) in [5.41, 5.74) is 15.3. The molecule has 0 unspecified atom stereocenters. The van der Waals surface area contributed by atoms with Crippen molar-refractivity contribution in [1.29, 1.82) is 0 Å². The van der Waals surface area contributed by atoms with E-state index in [0.29, 0.717) is 0 Å². The summed E-state index contributed by atoms with van der Waals surface area (Å²) in [6.07, 6.45) is 0. The quantitative estimate of drug-likeness (QED) is 0.177. The Morgan fingerprint density at radius 2 is 1.05 bits per heavy atom. The van der Waals surface area contributed by atoms with Crippen LogP contribution in [0.25, 0.3) is 76.9 Å². The molecule has 0 spiro atoms. The van der Waals surface area contributed by atoms with Gasteiger partial charge < -0.3 is 9.32 Å². The number of benzene rings is 9. The zero-order valence-corrected chi connectivity index (χ0v) is 30.8. The van der Waals surface area contributed by atoms with Gasteiger partial charge in [0.25, 0.3) is 0 Å². The summed E-state index contributed by atoms with van der Waals surface area (Å²) in [4.78, 5) is 2.36. The van der Waals surface area contributed by atoms with Crippen molar-refractivity contribution in [3.8, 4) is 33.4 Å². The van der Waals surface area contributed by atoms with Gasteiger partial charge in [0, 0.05) is 44.4 Å². The highest BCUT2D eigenvalue weighted by Crippen LogP contribution is 2.51. The average Bonchev–Trinajstić information content (AvgIpc) is 3.72.